The predicted octanol–water partition coefficient (Wildman–Crippen LogP) is 2.70. The number of aliphatic carboxylic acids is 1. The number of benzene rings is 1. The number of rotatable bonds is 6. The SMILES string of the molecule is O=C(O)CCCNS(=O)(=O)c1cc2cc(Cl)ccc2s1. The second-order valence-corrected chi connectivity index (χ2v) is 7.66. The molecule has 0 amide bonds. The molecule has 1 aromatic carbocycles. The lowest BCUT2D eigenvalue weighted by molar-refractivity contribution is -0.137. The molecule has 0 aliphatic heterocycles. The summed E-state index contributed by atoms with van der Waals surface area (Å²) in [7, 11) is -3.60. The molecule has 0 fully saturated rings. The minimum Gasteiger partial charge on any atom is -0.481 e. The van der Waals surface area contributed by atoms with Gasteiger partial charge in [0.1, 0.15) is 4.21 Å². The highest BCUT2D eigenvalue weighted by Crippen LogP contribution is 2.30. The summed E-state index contributed by atoms with van der Waals surface area (Å²) in [5, 5.41) is 9.81. The van der Waals surface area contributed by atoms with Gasteiger partial charge in [0.05, 0.1) is 0 Å². The van der Waals surface area contributed by atoms with Crippen LogP contribution in [0.5, 0.6) is 0 Å². The van der Waals surface area contributed by atoms with E-state index in [1.807, 2.05) is 0 Å². The Bertz CT molecular complexity index is 739. The Kier molecular flexibility index (Phi) is 4.64. The van der Waals surface area contributed by atoms with Crippen LogP contribution in [0.25, 0.3) is 10.1 Å². The van der Waals surface area contributed by atoms with Gasteiger partial charge in [0.25, 0.3) is 0 Å². The highest BCUT2D eigenvalue weighted by atomic mass is 35.5. The van der Waals surface area contributed by atoms with E-state index in [1.54, 1.807) is 24.3 Å². The highest BCUT2D eigenvalue weighted by molar-refractivity contribution is 7.91. The zero-order chi connectivity index (χ0) is 14.8. The first-order chi connectivity index (χ1) is 9.38. The van der Waals surface area contributed by atoms with Crippen LogP contribution in [0.2, 0.25) is 5.02 Å². The molecule has 0 atom stereocenters. The Balaban J connectivity index is 2.13. The number of hydrogen-bond acceptors (Lipinski definition) is 4. The third-order valence-corrected chi connectivity index (χ3v) is 5.87. The van der Waals surface area contributed by atoms with Crippen LogP contribution in [0.3, 0.4) is 0 Å². The fraction of sp³-hybridized carbons (Fsp3) is 0.250. The van der Waals surface area contributed by atoms with Crippen LogP contribution in [0.4, 0.5) is 0 Å². The van der Waals surface area contributed by atoms with E-state index in [1.165, 1.54) is 0 Å². The lowest BCUT2D eigenvalue weighted by atomic mass is 10.3. The van der Waals surface area contributed by atoms with Gasteiger partial charge in [0.15, 0.2) is 0 Å². The van der Waals surface area contributed by atoms with Crippen LogP contribution >= 0.6 is 22.9 Å². The molecule has 0 bridgehead atoms. The van der Waals surface area contributed by atoms with Crippen LogP contribution < -0.4 is 4.72 Å². The van der Waals surface area contributed by atoms with E-state index < -0.39 is 16.0 Å². The molecule has 1 heterocycles. The Morgan fingerprint density at radius 1 is 1.35 bits per heavy atom. The van der Waals surface area contributed by atoms with Crippen molar-refractivity contribution in [1.82, 2.24) is 4.72 Å². The molecule has 0 saturated carbocycles. The van der Waals surface area contributed by atoms with Crippen LogP contribution in [-0.2, 0) is 14.8 Å². The molecule has 8 heteroatoms. The molecule has 0 aliphatic carbocycles. The summed E-state index contributed by atoms with van der Waals surface area (Å²) < 4.78 is 27.5. The second-order valence-electron chi connectivity index (χ2n) is 4.14. The number of nitrogens with one attached hydrogen (secondary N) is 1. The zero-order valence-corrected chi connectivity index (χ0v) is 12.7. The van der Waals surface area contributed by atoms with E-state index in [9.17, 15) is 13.2 Å². The zero-order valence-electron chi connectivity index (χ0n) is 10.3. The number of hydrogen-bond donors (Lipinski definition) is 2. The van der Waals surface area contributed by atoms with Gasteiger partial charge in [-0.25, -0.2) is 13.1 Å². The molecule has 0 aliphatic rings. The Hall–Kier alpha value is -1.15. The van der Waals surface area contributed by atoms with E-state index in [2.05, 4.69) is 4.72 Å². The highest BCUT2D eigenvalue weighted by Gasteiger charge is 2.17. The summed E-state index contributed by atoms with van der Waals surface area (Å²) in [6, 6.07) is 6.74. The summed E-state index contributed by atoms with van der Waals surface area (Å²) in [4.78, 5) is 10.4. The Labute approximate surface area is 125 Å². The molecule has 2 N–H and O–H groups in total. The van der Waals surface area contributed by atoms with Crippen molar-refractivity contribution < 1.29 is 18.3 Å². The quantitative estimate of drug-likeness (QED) is 0.796. The van der Waals surface area contributed by atoms with Gasteiger partial charge in [0.2, 0.25) is 10.0 Å². The monoisotopic (exact) mass is 333 g/mol. The molecule has 1 aromatic heterocycles. The number of halogens is 1. The smallest absolute Gasteiger partial charge is 0.303 e. The molecule has 0 radical (unpaired) electrons. The average Bonchev–Trinajstić information content (AvgIpc) is 2.78. The fourth-order valence-corrected chi connectivity index (χ4v) is 4.32. The molecule has 2 rings (SSSR count). The molecule has 0 saturated heterocycles. The van der Waals surface area contributed by atoms with Crippen molar-refractivity contribution in [1.29, 1.82) is 0 Å². The molecule has 0 spiro atoms. The van der Waals surface area contributed by atoms with Crippen molar-refractivity contribution in [3.05, 3.63) is 29.3 Å². The minimum atomic E-state index is -3.60. The van der Waals surface area contributed by atoms with E-state index in [-0.39, 0.29) is 23.6 Å². The van der Waals surface area contributed by atoms with E-state index in [0.29, 0.717) is 5.02 Å². The van der Waals surface area contributed by atoms with Gasteiger partial charge in [-0.3, -0.25) is 4.79 Å². The normalized spacial score (nSPS) is 11.8. The van der Waals surface area contributed by atoms with Gasteiger partial charge >= 0.3 is 5.97 Å². The Morgan fingerprint density at radius 2 is 2.10 bits per heavy atom. The Morgan fingerprint density at radius 3 is 2.80 bits per heavy atom. The fourth-order valence-electron chi connectivity index (χ4n) is 1.64. The first-order valence-electron chi connectivity index (χ1n) is 5.79. The second kappa shape index (κ2) is 6.09. The number of sulfonamides is 1. The number of carboxylic acid groups (broad SMARTS) is 1. The van der Waals surface area contributed by atoms with Crippen LogP contribution in [0.1, 0.15) is 12.8 Å². The average molecular weight is 334 g/mol. The summed E-state index contributed by atoms with van der Waals surface area (Å²) in [6.07, 6.45) is 0.190. The van der Waals surface area contributed by atoms with Crippen LogP contribution in [-0.4, -0.2) is 26.0 Å². The van der Waals surface area contributed by atoms with E-state index in [0.717, 1.165) is 21.4 Å². The van der Waals surface area contributed by atoms with Gasteiger partial charge in [-0.2, -0.15) is 0 Å². The maximum absolute atomic E-state index is 12.1. The third-order valence-electron chi connectivity index (χ3n) is 2.58. The predicted molar refractivity (Wildman–Crippen MR) is 78.9 cm³/mol. The summed E-state index contributed by atoms with van der Waals surface area (Å²) in [5.41, 5.74) is 0. The van der Waals surface area contributed by atoms with Crippen LogP contribution in [0.15, 0.2) is 28.5 Å². The maximum atomic E-state index is 12.1. The lowest BCUT2D eigenvalue weighted by Crippen LogP contribution is -2.24. The molecule has 108 valence electrons. The van der Waals surface area contributed by atoms with Crippen molar-refractivity contribution >= 4 is 49.0 Å². The summed E-state index contributed by atoms with van der Waals surface area (Å²) in [6.45, 7) is 0.101. The standard InChI is InChI=1S/C12H12ClNO4S2/c13-9-3-4-10-8(6-9)7-12(19-10)20(17,18)14-5-1-2-11(15)16/h3-4,6-7,14H,1-2,5H2,(H,15,16). The van der Waals surface area contributed by atoms with Crippen molar-refractivity contribution in [3.63, 3.8) is 0 Å². The summed E-state index contributed by atoms with van der Waals surface area (Å²) >= 11 is 7.01. The number of carboxylic acids is 1. The largest absolute Gasteiger partial charge is 0.481 e. The maximum Gasteiger partial charge on any atom is 0.303 e. The third kappa shape index (κ3) is 3.69. The molecular weight excluding hydrogens is 322 g/mol. The van der Waals surface area contributed by atoms with Crippen molar-refractivity contribution in [2.75, 3.05) is 6.54 Å². The number of fused-ring (bicyclic) bond motifs is 1. The van der Waals surface area contributed by atoms with Gasteiger partial charge in [-0.1, -0.05) is 11.6 Å². The molecule has 5 nitrogen and oxygen atoms in total. The molecular formula is C12H12ClNO4S2. The first-order valence-corrected chi connectivity index (χ1v) is 8.47. The molecule has 0 unspecified atom stereocenters. The van der Waals surface area contributed by atoms with Gasteiger partial charge in [-0.15, -0.1) is 11.3 Å². The number of thiophene rings is 1. The van der Waals surface area contributed by atoms with E-state index in [4.69, 9.17) is 16.7 Å². The lowest BCUT2D eigenvalue weighted by Gasteiger charge is -2.02. The molecule has 20 heavy (non-hydrogen) atoms. The van der Waals surface area contributed by atoms with Crippen molar-refractivity contribution in [3.8, 4) is 0 Å². The first kappa shape index (κ1) is 15.2. The topological polar surface area (TPSA) is 83.5 Å². The summed E-state index contributed by atoms with van der Waals surface area (Å²) in [5.74, 6) is -0.944. The van der Waals surface area contributed by atoms with E-state index >= 15 is 0 Å². The van der Waals surface area contributed by atoms with Gasteiger partial charge in [-0.05, 0) is 36.1 Å². The van der Waals surface area contributed by atoms with Gasteiger partial charge in [0, 0.05) is 22.7 Å². The molecule has 2 aromatic rings. The van der Waals surface area contributed by atoms with Crippen molar-refractivity contribution in [2.45, 2.75) is 17.1 Å². The van der Waals surface area contributed by atoms with Crippen LogP contribution in [0, 0.1) is 0 Å². The van der Waals surface area contributed by atoms with Gasteiger partial charge < -0.3 is 5.11 Å². The van der Waals surface area contributed by atoms with Crippen molar-refractivity contribution in [2.24, 2.45) is 0 Å². The minimum absolute atomic E-state index is 0.0649. The number of carbonyl (C=O) groups is 1.